The van der Waals surface area contributed by atoms with Crippen LogP contribution in [0.15, 0.2) is 36.5 Å². The molecular weight excluding hydrogens is 211 g/mol. The number of aromatic nitrogens is 4. The number of aryl methyl sites for hydroxylation is 1. The number of rotatable bonds is 1. The predicted molar refractivity (Wildman–Crippen MR) is 69.1 cm³/mol. The molecule has 0 aromatic carbocycles. The molecule has 5 heteroatoms. The van der Waals surface area contributed by atoms with E-state index in [0.29, 0.717) is 5.82 Å². The van der Waals surface area contributed by atoms with E-state index in [4.69, 9.17) is 0 Å². The van der Waals surface area contributed by atoms with E-state index < -0.39 is 0 Å². The summed E-state index contributed by atoms with van der Waals surface area (Å²) in [5.41, 5.74) is 3.77. The lowest BCUT2D eigenvalue weighted by molar-refractivity contribution is 0.893. The van der Waals surface area contributed by atoms with E-state index >= 15 is 0 Å². The molecular formula is C12H11BN4. The van der Waals surface area contributed by atoms with Gasteiger partial charge in [0.1, 0.15) is 5.69 Å². The van der Waals surface area contributed by atoms with Gasteiger partial charge in [0.15, 0.2) is 13.7 Å². The van der Waals surface area contributed by atoms with Crippen molar-refractivity contribution >= 4 is 19.0 Å². The van der Waals surface area contributed by atoms with Crippen LogP contribution < -0.4 is 5.59 Å². The molecule has 82 valence electrons. The van der Waals surface area contributed by atoms with Gasteiger partial charge in [-0.25, -0.2) is 9.50 Å². The summed E-state index contributed by atoms with van der Waals surface area (Å²) in [5.74, 6) is 0.662. The molecule has 0 aliphatic rings. The molecule has 0 unspecified atom stereocenters. The van der Waals surface area contributed by atoms with Gasteiger partial charge in [-0.1, -0.05) is 12.1 Å². The zero-order valence-electron chi connectivity index (χ0n) is 9.75. The van der Waals surface area contributed by atoms with Gasteiger partial charge in [0.2, 0.25) is 0 Å². The van der Waals surface area contributed by atoms with Gasteiger partial charge in [0.05, 0.1) is 11.2 Å². The number of nitrogens with zero attached hydrogens (tertiary/aromatic N) is 4. The maximum Gasteiger partial charge on any atom is 0.198 e. The van der Waals surface area contributed by atoms with Crippen LogP contribution in [0.2, 0.25) is 0 Å². The van der Waals surface area contributed by atoms with Gasteiger partial charge in [-0.3, -0.25) is 4.98 Å². The quantitative estimate of drug-likeness (QED) is 0.558. The average molecular weight is 222 g/mol. The number of fused-ring (bicyclic) bond motifs is 1. The SMILES string of the molecule is Bc1cccc(-c2nc(C)c3cccn3n2)n1. The van der Waals surface area contributed by atoms with Crippen LogP contribution >= 0.6 is 0 Å². The van der Waals surface area contributed by atoms with Crippen molar-refractivity contribution in [3.05, 3.63) is 42.2 Å². The van der Waals surface area contributed by atoms with E-state index in [-0.39, 0.29) is 0 Å². The first-order chi connectivity index (χ1) is 8.24. The van der Waals surface area contributed by atoms with Gasteiger partial charge in [0, 0.05) is 6.20 Å². The molecule has 0 fully saturated rings. The zero-order chi connectivity index (χ0) is 11.8. The summed E-state index contributed by atoms with van der Waals surface area (Å²) in [4.78, 5) is 8.93. The highest BCUT2D eigenvalue weighted by Gasteiger charge is 2.07. The molecule has 3 aromatic heterocycles. The summed E-state index contributed by atoms with van der Waals surface area (Å²) >= 11 is 0. The van der Waals surface area contributed by atoms with Crippen molar-refractivity contribution in [1.82, 2.24) is 19.6 Å². The molecule has 0 aliphatic heterocycles. The van der Waals surface area contributed by atoms with Crippen LogP contribution in [0, 0.1) is 6.92 Å². The van der Waals surface area contributed by atoms with Crippen molar-refractivity contribution in [2.75, 3.05) is 0 Å². The van der Waals surface area contributed by atoms with Gasteiger partial charge in [-0.05, 0) is 30.7 Å². The van der Waals surface area contributed by atoms with Gasteiger partial charge in [-0.2, -0.15) is 0 Å². The summed E-state index contributed by atoms with van der Waals surface area (Å²) in [6.07, 6.45) is 1.92. The van der Waals surface area contributed by atoms with E-state index in [0.717, 1.165) is 22.5 Å². The second-order valence-corrected chi connectivity index (χ2v) is 4.02. The summed E-state index contributed by atoms with van der Waals surface area (Å²) in [6, 6.07) is 9.82. The minimum atomic E-state index is 0.662. The Morgan fingerprint density at radius 2 is 2.00 bits per heavy atom. The van der Waals surface area contributed by atoms with Crippen molar-refractivity contribution in [3.8, 4) is 11.5 Å². The van der Waals surface area contributed by atoms with Crippen molar-refractivity contribution in [1.29, 1.82) is 0 Å². The normalized spacial score (nSPS) is 10.9. The summed E-state index contributed by atoms with van der Waals surface area (Å²) in [5, 5.41) is 4.45. The highest BCUT2D eigenvalue weighted by atomic mass is 15.2. The first-order valence-electron chi connectivity index (χ1n) is 5.50. The third kappa shape index (κ3) is 1.69. The Balaban J connectivity index is 2.23. The minimum absolute atomic E-state index is 0.662. The van der Waals surface area contributed by atoms with Crippen LogP contribution in [0.5, 0.6) is 0 Å². The third-order valence-corrected chi connectivity index (χ3v) is 2.69. The van der Waals surface area contributed by atoms with E-state index in [1.807, 2.05) is 55.8 Å². The van der Waals surface area contributed by atoms with Crippen LogP contribution in [-0.2, 0) is 0 Å². The van der Waals surface area contributed by atoms with Crippen molar-refractivity contribution in [2.24, 2.45) is 0 Å². The molecule has 0 atom stereocenters. The topological polar surface area (TPSA) is 43.1 Å². The molecule has 3 rings (SSSR count). The van der Waals surface area contributed by atoms with Gasteiger partial charge >= 0.3 is 0 Å². The standard InChI is InChI=1S/C12H11BN4/c1-8-10-5-3-7-17(10)16-12(14-8)9-4-2-6-11(13)15-9/h2-7H,13H2,1H3. The van der Waals surface area contributed by atoms with Gasteiger partial charge in [-0.15, -0.1) is 5.10 Å². The lowest BCUT2D eigenvalue weighted by Crippen LogP contribution is -2.09. The van der Waals surface area contributed by atoms with Gasteiger partial charge < -0.3 is 0 Å². The molecule has 0 aliphatic carbocycles. The fourth-order valence-electron chi connectivity index (χ4n) is 1.86. The summed E-state index contributed by atoms with van der Waals surface area (Å²) < 4.78 is 1.84. The fourth-order valence-corrected chi connectivity index (χ4v) is 1.86. The monoisotopic (exact) mass is 222 g/mol. The molecule has 17 heavy (non-hydrogen) atoms. The highest BCUT2D eigenvalue weighted by Crippen LogP contribution is 2.13. The fraction of sp³-hybridized carbons (Fsp3) is 0.0833. The Bertz CT molecular complexity index is 690. The van der Waals surface area contributed by atoms with Crippen molar-refractivity contribution < 1.29 is 0 Å². The molecule has 0 radical (unpaired) electrons. The van der Waals surface area contributed by atoms with Gasteiger partial charge in [0.25, 0.3) is 0 Å². The molecule has 4 nitrogen and oxygen atoms in total. The molecule has 0 N–H and O–H groups in total. The first-order valence-corrected chi connectivity index (χ1v) is 5.50. The molecule has 3 aromatic rings. The maximum absolute atomic E-state index is 4.49. The Morgan fingerprint density at radius 3 is 2.82 bits per heavy atom. The van der Waals surface area contributed by atoms with Crippen molar-refractivity contribution in [2.45, 2.75) is 6.92 Å². The van der Waals surface area contributed by atoms with Crippen LogP contribution in [0.25, 0.3) is 17.0 Å². The van der Waals surface area contributed by atoms with Crippen LogP contribution in [-0.4, -0.2) is 27.4 Å². The van der Waals surface area contributed by atoms with E-state index in [1.54, 1.807) is 0 Å². The number of pyridine rings is 1. The Hall–Kier alpha value is -2.17. The summed E-state index contributed by atoms with van der Waals surface area (Å²) in [6.45, 7) is 1.98. The largest absolute Gasteiger partial charge is 0.260 e. The lowest BCUT2D eigenvalue weighted by Gasteiger charge is -2.04. The van der Waals surface area contributed by atoms with Crippen LogP contribution in [0.4, 0.5) is 0 Å². The maximum atomic E-state index is 4.49. The second-order valence-electron chi connectivity index (χ2n) is 4.02. The highest BCUT2D eigenvalue weighted by molar-refractivity contribution is 6.30. The predicted octanol–water partition coefficient (Wildman–Crippen LogP) is 0.358. The average Bonchev–Trinajstić information content (AvgIpc) is 2.77. The van der Waals surface area contributed by atoms with Crippen LogP contribution in [0.1, 0.15) is 5.69 Å². The third-order valence-electron chi connectivity index (χ3n) is 2.69. The lowest BCUT2D eigenvalue weighted by atomic mass is 10.0. The minimum Gasteiger partial charge on any atom is -0.260 e. The number of hydrogen-bond acceptors (Lipinski definition) is 3. The molecule has 0 saturated carbocycles. The first kappa shape index (κ1) is 10.0. The molecule has 0 spiro atoms. The van der Waals surface area contributed by atoms with E-state index in [2.05, 4.69) is 15.1 Å². The number of hydrogen-bond donors (Lipinski definition) is 0. The Morgan fingerprint density at radius 1 is 1.12 bits per heavy atom. The van der Waals surface area contributed by atoms with E-state index in [1.165, 1.54) is 0 Å². The molecule has 0 amide bonds. The zero-order valence-corrected chi connectivity index (χ0v) is 9.75. The van der Waals surface area contributed by atoms with E-state index in [9.17, 15) is 0 Å². The molecule has 0 saturated heterocycles. The summed E-state index contributed by atoms with van der Waals surface area (Å²) in [7, 11) is 1.96. The Labute approximate surface area is 99.8 Å². The Kier molecular flexibility index (Phi) is 2.18. The van der Waals surface area contributed by atoms with Crippen LogP contribution in [0.3, 0.4) is 0 Å². The molecule has 3 heterocycles. The van der Waals surface area contributed by atoms with Crippen molar-refractivity contribution in [3.63, 3.8) is 0 Å². The molecule has 0 bridgehead atoms. The smallest absolute Gasteiger partial charge is 0.198 e. The second kappa shape index (κ2) is 3.70.